The number of tetrazole rings is 1. The van der Waals surface area contributed by atoms with Gasteiger partial charge < -0.3 is 9.88 Å². The molecule has 0 saturated carbocycles. The second kappa shape index (κ2) is 9.00. The number of aromatic amines is 1. The zero-order valence-electron chi connectivity index (χ0n) is 20.2. The van der Waals surface area contributed by atoms with E-state index < -0.39 is 0 Å². The number of nitrogens with one attached hydrogen (secondary N) is 1. The number of rotatable bonds is 5. The summed E-state index contributed by atoms with van der Waals surface area (Å²) in [6.45, 7) is 10.3. The Morgan fingerprint density at radius 1 is 1.12 bits per heavy atom. The Hall–Kier alpha value is -3.55. The van der Waals surface area contributed by atoms with E-state index in [2.05, 4.69) is 69.6 Å². The average molecular weight is 458 g/mol. The van der Waals surface area contributed by atoms with E-state index in [9.17, 15) is 4.79 Å². The molecule has 0 unspecified atom stereocenters. The minimum Gasteiger partial charge on any atom is -0.354 e. The molecule has 1 amide bonds. The molecule has 0 atom stereocenters. The Bertz CT molecular complexity index is 1290. The Morgan fingerprint density at radius 3 is 2.50 bits per heavy atom. The fourth-order valence-electron chi connectivity index (χ4n) is 5.23. The van der Waals surface area contributed by atoms with Crippen molar-refractivity contribution in [3.63, 3.8) is 0 Å². The minimum absolute atomic E-state index is 0.0483. The summed E-state index contributed by atoms with van der Waals surface area (Å²) in [6.07, 6.45) is 3.27. The molecule has 8 nitrogen and oxygen atoms in total. The van der Waals surface area contributed by atoms with Gasteiger partial charge in [0.05, 0.1) is 5.69 Å². The summed E-state index contributed by atoms with van der Waals surface area (Å²) in [5, 5.41) is 12.7. The summed E-state index contributed by atoms with van der Waals surface area (Å²) >= 11 is 0. The van der Waals surface area contributed by atoms with Crippen LogP contribution in [-0.2, 0) is 11.3 Å². The van der Waals surface area contributed by atoms with Crippen LogP contribution in [0.2, 0.25) is 0 Å². The molecule has 176 valence electrons. The molecule has 0 aliphatic carbocycles. The van der Waals surface area contributed by atoms with Crippen molar-refractivity contribution in [3.05, 3.63) is 59.2 Å². The van der Waals surface area contributed by atoms with E-state index in [1.54, 1.807) is 0 Å². The van der Waals surface area contributed by atoms with Crippen LogP contribution < -0.4 is 0 Å². The summed E-state index contributed by atoms with van der Waals surface area (Å²) in [5.74, 6) is 0.881. The molecule has 1 aromatic carbocycles. The summed E-state index contributed by atoms with van der Waals surface area (Å²) in [6, 6.07) is 11.2. The number of pyridine rings is 1. The molecule has 0 radical (unpaired) electrons. The van der Waals surface area contributed by atoms with Crippen molar-refractivity contribution in [2.24, 2.45) is 0 Å². The molecule has 1 aliphatic rings. The number of hydrogen-bond donors (Lipinski definition) is 1. The van der Waals surface area contributed by atoms with Crippen LogP contribution in [0.25, 0.3) is 22.2 Å². The number of aryl methyl sites for hydroxylation is 2. The summed E-state index contributed by atoms with van der Waals surface area (Å²) in [7, 11) is 0. The second-order valence-electron chi connectivity index (χ2n) is 9.63. The monoisotopic (exact) mass is 457 g/mol. The Morgan fingerprint density at radius 2 is 1.85 bits per heavy atom. The van der Waals surface area contributed by atoms with Gasteiger partial charge in [-0.05, 0) is 79.1 Å². The molecular weight excluding hydrogens is 426 g/mol. The lowest BCUT2D eigenvalue weighted by atomic mass is 9.87. The average Bonchev–Trinajstić information content (AvgIpc) is 3.45. The fraction of sp³-hybridized carbons (Fsp3) is 0.423. The van der Waals surface area contributed by atoms with Crippen LogP contribution in [0.5, 0.6) is 0 Å². The number of aromatic nitrogens is 6. The molecule has 0 spiro atoms. The molecule has 1 N–H and O–H groups in total. The quantitative estimate of drug-likeness (QED) is 0.481. The van der Waals surface area contributed by atoms with E-state index in [0.29, 0.717) is 11.8 Å². The van der Waals surface area contributed by atoms with Gasteiger partial charge >= 0.3 is 0 Å². The molecule has 34 heavy (non-hydrogen) atoms. The Labute approximate surface area is 199 Å². The first kappa shape index (κ1) is 22.3. The molecule has 1 aliphatic heterocycles. The third kappa shape index (κ3) is 4.32. The predicted octanol–water partition coefficient (Wildman–Crippen LogP) is 4.36. The number of carbonyl (C=O) groups excluding carboxylic acids is 1. The number of fused-ring (bicyclic) bond motifs is 1. The predicted molar refractivity (Wildman–Crippen MR) is 131 cm³/mol. The second-order valence-corrected chi connectivity index (χ2v) is 9.63. The third-order valence-corrected chi connectivity index (χ3v) is 6.80. The van der Waals surface area contributed by atoms with Crippen molar-refractivity contribution < 1.29 is 4.79 Å². The van der Waals surface area contributed by atoms with Crippen LogP contribution in [0.3, 0.4) is 0 Å². The SMILES string of the molecule is Cc1cc(-c2[nH]c3ccc(C4CCN(C(=O)Cn5ncnn5)CC4)cc3c2C(C)C)cc(C)n1. The summed E-state index contributed by atoms with van der Waals surface area (Å²) < 4.78 is 0. The number of hydrogen-bond acceptors (Lipinski definition) is 5. The van der Waals surface area contributed by atoms with Gasteiger partial charge in [0.2, 0.25) is 5.91 Å². The van der Waals surface area contributed by atoms with E-state index in [-0.39, 0.29) is 12.5 Å². The first-order chi connectivity index (χ1) is 16.4. The van der Waals surface area contributed by atoms with Crippen molar-refractivity contribution in [1.82, 2.24) is 35.1 Å². The largest absolute Gasteiger partial charge is 0.354 e. The van der Waals surface area contributed by atoms with Crippen molar-refractivity contribution >= 4 is 16.8 Å². The van der Waals surface area contributed by atoms with E-state index in [1.807, 2.05) is 18.7 Å². The van der Waals surface area contributed by atoms with E-state index in [1.165, 1.54) is 44.4 Å². The van der Waals surface area contributed by atoms with Gasteiger partial charge in [-0.25, -0.2) is 0 Å². The van der Waals surface area contributed by atoms with Gasteiger partial charge in [-0.1, -0.05) is 19.9 Å². The van der Waals surface area contributed by atoms with Crippen LogP contribution in [0, 0.1) is 13.8 Å². The maximum atomic E-state index is 12.6. The Kier molecular flexibility index (Phi) is 5.89. The normalized spacial score (nSPS) is 14.9. The van der Waals surface area contributed by atoms with Crippen molar-refractivity contribution in [2.75, 3.05) is 13.1 Å². The first-order valence-corrected chi connectivity index (χ1v) is 12.0. The molecule has 1 saturated heterocycles. The van der Waals surface area contributed by atoms with Gasteiger partial charge in [0.1, 0.15) is 6.54 Å². The van der Waals surface area contributed by atoms with Crippen molar-refractivity contribution in [2.45, 2.75) is 58.9 Å². The lowest BCUT2D eigenvalue weighted by Crippen LogP contribution is -2.40. The smallest absolute Gasteiger partial charge is 0.246 e. The number of piperidine rings is 1. The molecule has 8 heteroatoms. The van der Waals surface area contributed by atoms with Crippen molar-refractivity contribution in [1.29, 1.82) is 0 Å². The minimum atomic E-state index is 0.0483. The molecular formula is C26H31N7O. The molecule has 0 bridgehead atoms. The number of likely N-dealkylation sites (tertiary alicyclic amines) is 1. The fourth-order valence-corrected chi connectivity index (χ4v) is 5.23. The molecule has 3 aromatic heterocycles. The summed E-state index contributed by atoms with van der Waals surface area (Å²) in [4.78, 5) is 24.1. The number of nitrogens with zero attached hydrogens (tertiary/aromatic N) is 6. The van der Waals surface area contributed by atoms with E-state index in [0.717, 1.165) is 37.3 Å². The number of benzene rings is 1. The third-order valence-electron chi connectivity index (χ3n) is 6.80. The van der Waals surface area contributed by atoms with E-state index in [4.69, 9.17) is 0 Å². The zero-order valence-corrected chi connectivity index (χ0v) is 20.2. The standard InChI is InChI=1S/C26H31N7O/c1-16(2)25-22-13-20(5-6-23(22)30-26(25)21-11-17(3)29-18(4)12-21)19-7-9-32(10-8-19)24(34)14-33-28-15-27-31-33/h5-6,11-13,15-16,19,30H,7-10,14H2,1-4H3. The highest BCUT2D eigenvalue weighted by Crippen LogP contribution is 2.38. The highest BCUT2D eigenvalue weighted by atomic mass is 16.2. The van der Waals surface area contributed by atoms with Gasteiger partial charge in [0, 0.05) is 40.9 Å². The lowest BCUT2D eigenvalue weighted by molar-refractivity contribution is -0.133. The molecule has 1 fully saturated rings. The van der Waals surface area contributed by atoms with Crippen LogP contribution >= 0.6 is 0 Å². The van der Waals surface area contributed by atoms with Crippen LogP contribution in [0.4, 0.5) is 0 Å². The highest BCUT2D eigenvalue weighted by molar-refractivity contribution is 5.92. The number of H-pyrrole nitrogens is 1. The van der Waals surface area contributed by atoms with E-state index >= 15 is 0 Å². The highest BCUT2D eigenvalue weighted by Gasteiger charge is 2.25. The lowest BCUT2D eigenvalue weighted by Gasteiger charge is -2.32. The zero-order chi connectivity index (χ0) is 23.8. The van der Waals surface area contributed by atoms with Gasteiger partial charge in [0.15, 0.2) is 6.33 Å². The maximum Gasteiger partial charge on any atom is 0.246 e. The summed E-state index contributed by atoms with van der Waals surface area (Å²) in [5.41, 5.74) is 8.33. The molecule has 4 aromatic rings. The van der Waals surface area contributed by atoms with Crippen LogP contribution in [-0.4, -0.2) is 54.1 Å². The first-order valence-electron chi connectivity index (χ1n) is 12.0. The molecule has 5 rings (SSSR count). The van der Waals surface area contributed by atoms with Gasteiger partial charge in [0.25, 0.3) is 0 Å². The maximum absolute atomic E-state index is 12.6. The topological polar surface area (TPSA) is 92.6 Å². The molecule has 4 heterocycles. The number of carbonyl (C=O) groups is 1. The van der Waals surface area contributed by atoms with Crippen LogP contribution in [0.15, 0.2) is 36.7 Å². The van der Waals surface area contributed by atoms with Gasteiger partial charge in [-0.2, -0.15) is 4.80 Å². The Balaban J connectivity index is 1.39. The number of amides is 1. The van der Waals surface area contributed by atoms with Gasteiger partial charge in [-0.3, -0.25) is 9.78 Å². The van der Waals surface area contributed by atoms with Crippen molar-refractivity contribution in [3.8, 4) is 11.3 Å². The van der Waals surface area contributed by atoms with Crippen LogP contribution in [0.1, 0.15) is 61.0 Å². The van der Waals surface area contributed by atoms with Gasteiger partial charge in [-0.15, -0.1) is 10.2 Å².